The number of unbranched alkanes of at least 4 members (excludes halogenated alkanes) is 1. The van der Waals surface area contributed by atoms with Crippen LogP contribution in [0.2, 0.25) is 0 Å². The van der Waals surface area contributed by atoms with Crippen molar-refractivity contribution in [3.8, 4) is 5.75 Å². The Morgan fingerprint density at radius 3 is 2.53 bits per heavy atom. The second kappa shape index (κ2) is 6.45. The van der Waals surface area contributed by atoms with Crippen LogP contribution >= 0.6 is 0 Å². The summed E-state index contributed by atoms with van der Waals surface area (Å²) in [6.07, 6.45) is 4.29. The largest absolute Gasteiger partial charge is 0.496 e. The Morgan fingerprint density at radius 2 is 1.94 bits per heavy atom. The van der Waals surface area contributed by atoms with Gasteiger partial charge in [0, 0.05) is 5.56 Å². The van der Waals surface area contributed by atoms with Crippen molar-refractivity contribution in [3.05, 3.63) is 34.9 Å². The van der Waals surface area contributed by atoms with E-state index in [1.54, 1.807) is 7.11 Å². The number of methoxy groups -OCH3 is 1. The third-order valence-electron chi connectivity index (χ3n) is 3.10. The molecule has 1 aromatic rings. The van der Waals surface area contributed by atoms with Crippen LogP contribution in [0.15, 0.2) is 18.2 Å². The highest BCUT2D eigenvalue weighted by atomic mass is 16.5. The molecular weight excluding hydrogens is 210 g/mol. The summed E-state index contributed by atoms with van der Waals surface area (Å²) in [4.78, 5) is 0. The molecule has 94 valence electrons. The standard InChI is InChI=1S/C15H23NO/c1-11(7-5-6-8-16)14-9-12(2)13(3)10-15(14)17-4/h7,9-10H,5-6,8,16H2,1-4H3/b11-7+. The lowest BCUT2D eigenvalue weighted by atomic mass is 9.99. The Morgan fingerprint density at radius 1 is 1.29 bits per heavy atom. The highest BCUT2D eigenvalue weighted by Gasteiger charge is 2.07. The Kier molecular flexibility index (Phi) is 5.23. The van der Waals surface area contributed by atoms with Gasteiger partial charge in [-0.05, 0) is 69.0 Å². The van der Waals surface area contributed by atoms with Crippen LogP contribution in [0.1, 0.15) is 36.5 Å². The van der Waals surface area contributed by atoms with Crippen LogP contribution in [-0.4, -0.2) is 13.7 Å². The summed E-state index contributed by atoms with van der Waals surface area (Å²) >= 11 is 0. The molecule has 0 heterocycles. The van der Waals surface area contributed by atoms with Gasteiger partial charge >= 0.3 is 0 Å². The molecule has 2 N–H and O–H groups in total. The van der Waals surface area contributed by atoms with Gasteiger partial charge in [-0.1, -0.05) is 6.08 Å². The second-order valence-corrected chi connectivity index (χ2v) is 4.45. The zero-order chi connectivity index (χ0) is 12.8. The van der Waals surface area contributed by atoms with Crippen molar-refractivity contribution in [3.63, 3.8) is 0 Å². The highest BCUT2D eigenvalue weighted by Crippen LogP contribution is 2.29. The molecule has 0 radical (unpaired) electrons. The molecule has 0 atom stereocenters. The maximum Gasteiger partial charge on any atom is 0.126 e. The van der Waals surface area contributed by atoms with Gasteiger partial charge in [-0.3, -0.25) is 0 Å². The van der Waals surface area contributed by atoms with Gasteiger partial charge in [0.2, 0.25) is 0 Å². The predicted octanol–water partition coefficient (Wildman–Crippen LogP) is 3.45. The van der Waals surface area contributed by atoms with Crippen LogP contribution in [-0.2, 0) is 0 Å². The zero-order valence-electron chi connectivity index (χ0n) is 11.3. The summed E-state index contributed by atoms with van der Waals surface area (Å²) in [6.45, 7) is 7.11. The number of allylic oxidation sites excluding steroid dienone is 2. The molecule has 0 unspecified atom stereocenters. The lowest BCUT2D eigenvalue weighted by Gasteiger charge is -2.12. The van der Waals surface area contributed by atoms with Gasteiger partial charge in [0.15, 0.2) is 0 Å². The molecule has 0 bridgehead atoms. The monoisotopic (exact) mass is 233 g/mol. The fourth-order valence-corrected chi connectivity index (χ4v) is 1.81. The SMILES string of the molecule is COc1cc(C)c(C)cc1/C(C)=C/CCCN. The number of hydrogen-bond donors (Lipinski definition) is 1. The van der Waals surface area contributed by atoms with Crippen LogP contribution in [0.4, 0.5) is 0 Å². The Hall–Kier alpha value is -1.28. The van der Waals surface area contributed by atoms with Crippen molar-refractivity contribution >= 4 is 5.57 Å². The smallest absolute Gasteiger partial charge is 0.126 e. The summed E-state index contributed by atoms with van der Waals surface area (Å²) in [5, 5.41) is 0. The summed E-state index contributed by atoms with van der Waals surface area (Å²) in [5.74, 6) is 0.953. The van der Waals surface area contributed by atoms with Gasteiger partial charge in [-0.2, -0.15) is 0 Å². The molecule has 0 fully saturated rings. The molecule has 0 aliphatic rings. The van der Waals surface area contributed by atoms with Gasteiger partial charge in [0.25, 0.3) is 0 Å². The van der Waals surface area contributed by atoms with Crippen LogP contribution in [0.25, 0.3) is 5.57 Å². The van der Waals surface area contributed by atoms with E-state index in [1.807, 2.05) is 0 Å². The minimum atomic E-state index is 0.744. The minimum Gasteiger partial charge on any atom is -0.496 e. The first kappa shape index (κ1) is 13.8. The fraction of sp³-hybridized carbons (Fsp3) is 0.467. The van der Waals surface area contributed by atoms with Crippen molar-refractivity contribution in [1.82, 2.24) is 0 Å². The van der Waals surface area contributed by atoms with E-state index in [0.29, 0.717) is 0 Å². The zero-order valence-corrected chi connectivity index (χ0v) is 11.3. The molecule has 2 heteroatoms. The minimum absolute atomic E-state index is 0.744. The first-order chi connectivity index (χ1) is 8.10. The lowest BCUT2D eigenvalue weighted by Crippen LogP contribution is -1.97. The topological polar surface area (TPSA) is 35.2 Å². The normalized spacial score (nSPS) is 11.7. The number of rotatable bonds is 5. The number of hydrogen-bond acceptors (Lipinski definition) is 2. The van der Waals surface area contributed by atoms with E-state index in [9.17, 15) is 0 Å². The third kappa shape index (κ3) is 3.60. The van der Waals surface area contributed by atoms with Gasteiger partial charge in [0.1, 0.15) is 5.75 Å². The van der Waals surface area contributed by atoms with E-state index >= 15 is 0 Å². The van der Waals surface area contributed by atoms with Gasteiger partial charge in [-0.25, -0.2) is 0 Å². The van der Waals surface area contributed by atoms with E-state index in [0.717, 1.165) is 25.1 Å². The molecule has 2 nitrogen and oxygen atoms in total. The third-order valence-corrected chi connectivity index (χ3v) is 3.10. The van der Waals surface area contributed by atoms with Crippen LogP contribution < -0.4 is 10.5 Å². The molecule has 0 saturated carbocycles. The number of aryl methyl sites for hydroxylation is 2. The summed E-state index contributed by atoms with van der Waals surface area (Å²) in [7, 11) is 1.72. The van der Waals surface area contributed by atoms with E-state index in [1.165, 1.54) is 22.3 Å². The van der Waals surface area contributed by atoms with E-state index in [2.05, 4.69) is 39.0 Å². The van der Waals surface area contributed by atoms with Crippen molar-refractivity contribution in [1.29, 1.82) is 0 Å². The molecule has 17 heavy (non-hydrogen) atoms. The molecule has 0 saturated heterocycles. The Balaban J connectivity index is 3.03. The molecule has 1 aromatic carbocycles. The molecule has 0 amide bonds. The summed E-state index contributed by atoms with van der Waals surface area (Å²) < 4.78 is 5.44. The van der Waals surface area contributed by atoms with Crippen molar-refractivity contribution < 1.29 is 4.74 Å². The van der Waals surface area contributed by atoms with Crippen LogP contribution in [0.5, 0.6) is 5.75 Å². The van der Waals surface area contributed by atoms with Gasteiger partial charge in [0.05, 0.1) is 7.11 Å². The Labute approximate surface area is 104 Å². The molecule has 0 aliphatic heterocycles. The average molecular weight is 233 g/mol. The lowest BCUT2D eigenvalue weighted by molar-refractivity contribution is 0.413. The predicted molar refractivity (Wildman–Crippen MR) is 74.4 cm³/mol. The number of ether oxygens (including phenoxy) is 1. The maximum absolute atomic E-state index is 5.50. The second-order valence-electron chi connectivity index (χ2n) is 4.45. The van der Waals surface area contributed by atoms with Gasteiger partial charge < -0.3 is 10.5 Å². The first-order valence-corrected chi connectivity index (χ1v) is 6.12. The van der Waals surface area contributed by atoms with Gasteiger partial charge in [-0.15, -0.1) is 0 Å². The number of nitrogens with two attached hydrogens (primary N) is 1. The van der Waals surface area contributed by atoms with Crippen LogP contribution in [0.3, 0.4) is 0 Å². The van der Waals surface area contributed by atoms with E-state index in [4.69, 9.17) is 10.5 Å². The van der Waals surface area contributed by atoms with Crippen molar-refractivity contribution in [2.45, 2.75) is 33.6 Å². The number of benzene rings is 1. The maximum atomic E-state index is 5.50. The molecule has 0 aliphatic carbocycles. The quantitative estimate of drug-likeness (QED) is 0.790. The molecular formula is C15H23NO. The first-order valence-electron chi connectivity index (χ1n) is 6.12. The van der Waals surface area contributed by atoms with E-state index < -0.39 is 0 Å². The van der Waals surface area contributed by atoms with Crippen LogP contribution in [0, 0.1) is 13.8 Å². The van der Waals surface area contributed by atoms with Crippen molar-refractivity contribution in [2.24, 2.45) is 5.73 Å². The fourth-order valence-electron chi connectivity index (χ4n) is 1.81. The highest BCUT2D eigenvalue weighted by molar-refractivity contribution is 5.70. The Bertz CT molecular complexity index is 408. The summed E-state index contributed by atoms with van der Waals surface area (Å²) in [6, 6.07) is 4.30. The van der Waals surface area contributed by atoms with E-state index in [-0.39, 0.29) is 0 Å². The van der Waals surface area contributed by atoms with Crippen molar-refractivity contribution in [2.75, 3.05) is 13.7 Å². The average Bonchev–Trinajstić information content (AvgIpc) is 2.32. The molecule has 0 aromatic heterocycles. The summed E-state index contributed by atoms with van der Waals surface area (Å²) in [5.41, 5.74) is 10.5. The molecule has 1 rings (SSSR count). The molecule has 0 spiro atoms.